The van der Waals surface area contributed by atoms with Crippen molar-refractivity contribution in [3.63, 3.8) is 0 Å². The zero-order valence-corrected chi connectivity index (χ0v) is 16.5. The summed E-state index contributed by atoms with van der Waals surface area (Å²) in [6.07, 6.45) is -1.64. The van der Waals surface area contributed by atoms with Gasteiger partial charge in [-0.05, 0) is 24.8 Å². The van der Waals surface area contributed by atoms with Crippen LogP contribution in [0.1, 0.15) is 45.1 Å². The number of esters is 1. The van der Waals surface area contributed by atoms with E-state index in [0.717, 1.165) is 0 Å². The van der Waals surface area contributed by atoms with Crippen LogP contribution in [0, 0.1) is 16.0 Å². The molecule has 1 aromatic carbocycles. The number of amides is 1. The van der Waals surface area contributed by atoms with Crippen LogP contribution in [-0.4, -0.2) is 51.7 Å². The second kappa shape index (κ2) is 11.1. The normalized spacial score (nSPS) is 14.0. The van der Waals surface area contributed by atoms with E-state index in [4.69, 9.17) is 4.74 Å². The average Bonchev–Trinajstić information content (AvgIpc) is 2.63. The summed E-state index contributed by atoms with van der Waals surface area (Å²) < 4.78 is 4.89. The molecule has 0 saturated heterocycles. The first-order valence-electron chi connectivity index (χ1n) is 9.18. The van der Waals surface area contributed by atoms with Gasteiger partial charge in [0.15, 0.2) is 0 Å². The summed E-state index contributed by atoms with van der Waals surface area (Å²) in [5, 5.41) is 32.7. The number of aliphatic carboxylic acids is 1. The van der Waals surface area contributed by atoms with Crippen LogP contribution < -0.4 is 5.32 Å². The Morgan fingerprint density at radius 3 is 2.24 bits per heavy atom. The van der Waals surface area contributed by atoms with Gasteiger partial charge in [0.1, 0.15) is 12.1 Å². The number of nitro benzene ring substituents is 1. The summed E-state index contributed by atoms with van der Waals surface area (Å²) in [7, 11) is 0. The fourth-order valence-corrected chi connectivity index (χ4v) is 2.81. The molecule has 0 fully saturated rings. The van der Waals surface area contributed by atoms with Crippen LogP contribution in [0.2, 0.25) is 0 Å². The standard InChI is InChI=1S/C19H26N2O8/c1-4-29-16(23)10-14(12-5-7-13(8-6-12)21(27)28)17(19(25)26)20-18(24)15(22)9-11(2)3/h5-8,11,14-15,17,22H,4,9-10H2,1-3H3,(H,20,24)(H,25,26)/t14-,15-,17+/m1/s1. The maximum Gasteiger partial charge on any atom is 0.326 e. The Morgan fingerprint density at radius 1 is 1.21 bits per heavy atom. The first-order chi connectivity index (χ1) is 13.6. The van der Waals surface area contributed by atoms with Crippen molar-refractivity contribution in [2.24, 2.45) is 5.92 Å². The lowest BCUT2D eigenvalue weighted by atomic mass is 9.88. The zero-order chi connectivity index (χ0) is 22.1. The minimum Gasteiger partial charge on any atom is -0.480 e. The predicted molar refractivity (Wildman–Crippen MR) is 102 cm³/mol. The lowest BCUT2D eigenvalue weighted by Crippen LogP contribution is -2.49. The third kappa shape index (κ3) is 7.49. The van der Waals surface area contributed by atoms with E-state index in [9.17, 15) is 34.7 Å². The van der Waals surface area contributed by atoms with Crippen molar-refractivity contribution in [3.05, 3.63) is 39.9 Å². The molecule has 0 heterocycles. The highest BCUT2D eigenvalue weighted by atomic mass is 16.6. The lowest BCUT2D eigenvalue weighted by molar-refractivity contribution is -0.384. The fourth-order valence-electron chi connectivity index (χ4n) is 2.81. The second-order valence-electron chi connectivity index (χ2n) is 6.93. The Balaban J connectivity index is 3.20. The van der Waals surface area contributed by atoms with Gasteiger partial charge >= 0.3 is 11.9 Å². The van der Waals surface area contributed by atoms with Crippen molar-refractivity contribution < 1.29 is 34.3 Å². The van der Waals surface area contributed by atoms with E-state index < -0.39 is 40.8 Å². The molecule has 160 valence electrons. The summed E-state index contributed by atoms with van der Waals surface area (Å²) in [6.45, 7) is 5.28. The molecule has 3 N–H and O–H groups in total. The Bertz CT molecular complexity index is 732. The monoisotopic (exact) mass is 410 g/mol. The van der Waals surface area contributed by atoms with Crippen molar-refractivity contribution >= 4 is 23.5 Å². The van der Waals surface area contributed by atoms with Crippen LogP contribution in [0.5, 0.6) is 0 Å². The molecule has 0 unspecified atom stereocenters. The molecule has 1 amide bonds. The second-order valence-corrected chi connectivity index (χ2v) is 6.93. The smallest absolute Gasteiger partial charge is 0.326 e. The summed E-state index contributed by atoms with van der Waals surface area (Å²) in [4.78, 5) is 46.4. The molecule has 1 rings (SSSR count). The highest BCUT2D eigenvalue weighted by molar-refractivity contribution is 5.87. The van der Waals surface area contributed by atoms with Crippen LogP contribution in [0.4, 0.5) is 5.69 Å². The molecule has 29 heavy (non-hydrogen) atoms. The number of nitrogens with zero attached hydrogens (tertiary/aromatic N) is 1. The molecular formula is C19H26N2O8. The Hall–Kier alpha value is -3.01. The molecule has 3 atom stereocenters. The van der Waals surface area contributed by atoms with Gasteiger partial charge in [-0.2, -0.15) is 0 Å². The highest BCUT2D eigenvalue weighted by Gasteiger charge is 2.34. The van der Waals surface area contributed by atoms with E-state index in [2.05, 4.69) is 5.32 Å². The number of nitrogens with one attached hydrogen (secondary N) is 1. The molecule has 0 saturated carbocycles. The van der Waals surface area contributed by atoms with E-state index in [-0.39, 0.29) is 31.1 Å². The maximum absolute atomic E-state index is 12.3. The van der Waals surface area contributed by atoms with Crippen molar-refractivity contribution in [2.75, 3.05) is 6.61 Å². The maximum atomic E-state index is 12.3. The summed E-state index contributed by atoms with van der Waals surface area (Å²) in [6, 6.07) is 3.47. The number of aliphatic hydroxyl groups is 1. The van der Waals surface area contributed by atoms with Crippen molar-refractivity contribution in [2.45, 2.75) is 51.7 Å². The number of nitro groups is 1. The van der Waals surface area contributed by atoms with Crippen molar-refractivity contribution in [1.29, 1.82) is 0 Å². The van der Waals surface area contributed by atoms with E-state index >= 15 is 0 Å². The fraction of sp³-hybridized carbons (Fsp3) is 0.526. The minimum atomic E-state index is -1.55. The molecule has 1 aromatic rings. The number of hydrogen-bond donors (Lipinski definition) is 3. The SMILES string of the molecule is CCOC(=O)C[C@H](c1ccc([N+](=O)[O-])cc1)[C@H](NC(=O)[C@H](O)CC(C)C)C(=O)O. The largest absolute Gasteiger partial charge is 0.480 e. The number of aliphatic hydroxyl groups excluding tert-OH is 1. The number of carbonyl (C=O) groups excluding carboxylic acids is 2. The minimum absolute atomic E-state index is 0.00373. The van der Waals surface area contributed by atoms with Crippen LogP contribution in [-0.2, 0) is 19.1 Å². The average molecular weight is 410 g/mol. The summed E-state index contributed by atoms with van der Waals surface area (Å²) in [5.41, 5.74) is 0.0987. The van der Waals surface area contributed by atoms with Crippen LogP contribution in [0.25, 0.3) is 0 Å². The number of hydrogen-bond acceptors (Lipinski definition) is 7. The van der Waals surface area contributed by atoms with Gasteiger partial charge in [-0.15, -0.1) is 0 Å². The van der Waals surface area contributed by atoms with Crippen LogP contribution in [0.15, 0.2) is 24.3 Å². The lowest BCUT2D eigenvalue weighted by Gasteiger charge is -2.26. The summed E-state index contributed by atoms with van der Waals surface area (Å²) >= 11 is 0. The van der Waals surface area contributed by atoms with Gasteiger partial charge < -0.3 is 20.3 Å². The molecule has 10 heteroatoms. The molecule has 0 spiro atoms. The van der Waals surface area contributed by atoms with E-state index in [1.807, 2.05) is 0 Å². The summed E-state index contributed by atoms with van der Waals surface area (Å²) in [5.74, 6) is -4.02. The number of benzene rings is 1. The first kappa shape index (κ1) is 24.0. The van der Waals surface area contributed by atoms with Gasteiger partial charge in [-0.25, -0.2) is 4.79 Å². The van der Waals surface area contributed by atoms with Gasteiger partial charge in [0.25, 0.3) is 5.69 Å². The Labute approximate surface area is 168 Å². The third-order valence-corrected chi connectivity index (χ3v) is 4.19. The third-order valence-electron chi connectivity index (χ3n) is 4.19. The number of carboxylic acid groups (broad SMARTS) is 1. The van der Waals surface area contributed by atoms with Gasteiger partial charge in [0, 0.05) is 18.1 Å². The number of ether oxygens (including phenoxy) is 1. The van der Waals surface area contributed by atoms with Crippen molar-refractivity contribution in [1.82, 2.24) is 5.32 Å². The number of carboxylic acids is 1. The van der Waals surface area contributed by atoms with E-state index in [0.29, 0.717) is 5.56 Å². The Kier molecular flexibility index (Phi) is 9.20. The number of non-ortho nitro benzene ring substituents is 1. The van der Waals surface area contributed by atoms with Crippen molar-refractivity contribution in [3.8, 4) is 0 Å². The van der Waals surface area contributed by atoms with Gasteiger partial charge in [0.05, 0.1) is 18.0 Å². The topological polar surface area (TPSA) is 156 Å². The molecule has 0 aliphatic rings. The van der Waals surface area contributed by atoms with E-state index in [1.54, 1.807) is 20.8 Å². The Morgan fingerprint density at radius 2 is 1.79 bits per heavy atom. The molecule has 0 bridgehead atoms. The van der Waals surface area contributed by atoms with E-state index in [1.165, 1.54) is 24.3 Å². The molecule has 0 aliphatic heterocycles. The molecule has 0 radical (unpaired) electrons. The molecular weight excluding hydrogens is 384 g/mol. The molecule has 0 aliphatic carbocycles. The number of carbonyl (C=O) groups is 3. The number of rotatable bonds is 11. The first-order valence-corrected chi connectivity index (χ1v) is 9.18. The van der Waals surface area contributed by atoms with Crippen LogP contribution >= 0.6 is 0 Å². The van der Waals surface area contributed by atoms with Gasteiger partial charge in [-0.1, -0.05) is 26.0 Å². The predicted octanol–water partition coefficient (Wildman–Crippen LogP) is 1.61. The molecule has 10 nitrogen and oxygen atoms in total. The zero-order valence-electron chi connectivity index (χ0n) is 16.5. The van der Waals surface area contributed by atoms with Gasteiger partial charge in [0.2, 0.25) is 5.91 Å². The highest BCUT2D eigenvalue weighted by Crippen LogP contribution is 2.27. The van der Waals surface area contributed by atoms with Crippen LogP contribution in [0.3, 0.4) is 0 Å². The quantitative estimate of drug-likeness (QED) is 0.282. The molecule has 0 aromatic heterocycles. The van der Waals surface area contributed by atoms with Gasteiger partial charge in [-0.3, -0.25) is 19.7 Å².